The first-order valence-electron chi connectivity index (χ1n) is 7.01. The van der Waals surface area contributed by atoms with Crippen LogP contribution in [0.4, 0.5) is 0 Å². The lowest BCUT2D eigenvalue weighted by Crippen LogP contribution is -2.31. The summed E-state index contributed by atoms with van der Waals surface area (Å²) in [5.41, 5.74) is 1.42. The molecule has 0 spiro atoms. The third-order valence-corrected chi connectivity index (χ3v) is 2.85. The van der Waals surface area contributed by atoms with Gasteiger partial charge in [-0.05, 0) is 30.0 Å². The van der Waals surface area contributed by atoms with Gasteiger partial charge in [-0.1, -0.05) is 32.9 Å². The van der Waals surface area contributed by atoms with Gasteiger partial charge >= 0.3 is 0 Å². The third-order valence-electron chi connectivity index (χ3n) is 2.85. The normalized spacial score (nSPS) is 11.2. The van der Waals surface area contributed by atoms with Gasteiger partial charge in [0.25, 0.3) is 0 Å². The summed E-state index contributed by atoms with van der Waals surface area (Å²) in [5, 5.41) is 2.73. The molecule has 0 aliphatic heterocycles. The molecule has 0 radical (unpaired) electrons. The molecule has 1 rings (SSSR count). The van der Waals surface area contributed by atoms with Crippen LogP contribution in [0.25, 0.3) is 0 Å². The van der Waals surface area contributed by atoms with E-state index >= 15 is 0 Å². The van der Waals surface area contributed by atoms with Gasteiger partial charge in [0.15, 0.2) is 0 Å². The van der Waals surface area contributed by atoms with Crippen molar-refractivity contribution in [2.75, 3.05) is 26.4 Å². The lowest BCUT2D eigenvalue weighted by atomic mass is 9.87. The molecular weight excluding hydrogens is 254 g/mol. The Morgan fingerprint density at radius 3 is 2.40 bits per heavy atom. The van der Waals surface area contributed by atoms with Crippen molar-refractivity contribution in [1.29, 1.82) is 0 Å². The van der Waals surface area contributed by atoms with Crippen LogP contribution in [0.15, 0.2) is 24.3 Å². The number of rotatable bonds is 7. The maximum atomic E-state index is 11.3. The smallest absolute Gasteiger partial charge is 0.246 e. The van der Waals surface area contributed by atoms with Crippen LogP contribution in [0, 0.1) is 0 Å². The monoisotopic (exact) mass is 279 g/mol. The van der Waals surface area contributed by atoms with Gasteiger partial charge in [0.05, 0.1) is 6.54 Å². The number of carbonyl (C=O) groups excluding carboxylic acids is 1. The van der Waals surface area contributed by atoms with Crippen LogP contribution in [0.3, 0.4) is 0 Å². The Morgan fingerprint density at radius 2 is 1.85 bits per heavy atom. The molecule has 0 unspecified atom stereocenters. The molecule has 0 bridgehead atoms. The van der Waals surface area contributed by atoms with Crippen molar-refractivity contribution in [2.45, 2.75) is 33.1 Å². The summed E-state index contributed by atoms with van der Waals surface area (Å²) in [5.74, 6) is 0.704. The highest BCUT2D eigenvalue weighted by Crippen LogP contribution is 2.24. The second-order valence-electron chi connectivity index (χ2n) is 5.61. The van der Waals surface area contributed by atoms with Crippen LogP contribution in [0.5, 0.6) is 5.75 Å². The van der Waals surface area contributed by atoms with E-state index in [2.05, 4.69) is 38.2 Å². The van der Waals surface area contributed by atoms with Gasteiger partial charge in [-0.2, -0.15) is 0 Å². The molecule has 0 aromatic heterocycles. The maximum Gasteiger partial charge on any atom is 0.246 e. The molecule has 112 valence electrons. The van der Waals surface area contributed by atoms with E-state index in [1.807, 2.05) is 19.1 Å². The van der Waals surface area contributed by atoms with Gasteiger partial charge < -0.3 is 14.8 Å². The SMILES string of the molecule is CCOCC(=O)NCCOc1ccc(C(C)(C)C)cc1. The summed E-state index contributed by atoms with van der Waals surface area (Å²) < 4.78 is 10.6. The molecule has 0 saturated heterocycles. The number of hydrogen-bond acceptors (Lipinski definition) is 3. The molecule has 1 aromatic carbocycles. The van der Waals surface area contributed by atoms with E-state index in [4.69, 9.17) is 9.47 Å². The minimum atomic E-state index is -0.112. The number of amides is 1. The first kappa shape index (κ1) is 16.5. The number of carbonyl (C=O) groups is 1. The molecule has 0 aliphatic rings. The Kier molecular flexibility index (Phi) is 6.52. The summed E-state index contributed by atoms with van der Waals surface area (Å²) in [6.45, 7) is 9.97. The maximum absolute atomic E-state index is 11.3. The summed E-state index contributed by atoms with van der Waals surface area (Å²) in [6.07, 6.45) is 0. The molecule has 1 aromatic rings. The predicted molar refractivity (Wildman–Crippen MR) is 80.1 cm³/mol. The van der Waals surface area contributed by atoms with Gasteiger partial charge in [-0.15, -0.1) is 0 Å². The minimum absolute atomic E-state index is 0.108. The van der Waals surface area contributed by atoms with Crippen LogP contribution in [0.1, 0.15) is 33.3 Å². The first-order valence-corrected chi connectivity index (χ1v) is 7.01. The fourth-order valence-corrected chi connectivity index (χ4v) is 1.66. The lowest BCUT2D eigenvalue weighted by Gasteiger charge is -2.19. The van der Waals surface area contributed by atoms with Crippen LogP contribution in [-0.4, -0.2) is 32.3 Å². The Labute approximate surface area is 121 Å². The van der Waals surface area contributed by atoms with Gasteiger partial charge in [0, 0.05) is 6.61 Å². The second kappa shape index (κ2) is 7.90. The molecule has 1 amide bonds. The van der Waals surface area contributed by atoms with E-state index in [1.54, 1.807) is 0 Å². The average molecular weight is 279 g/mol. The summed E-state index contributed by atoms with van der Waals surface area (Å²) >= 11 is 0. The van der Waals surface area contributed by atoms with Crippen molar-refractivity contribution in [1.82, 2.24) is 5.32 Å². The molecular formula is C16H25NO3. The lowest BCUT2D eigenvalue weighted by molar-refractivity contribution is -0.125. The Balaban J connectivity index is 2.27. The van der Waals surface area contributed by atoms with Crippen LogP contribution in [0.2, 0.25) is 0 Å². The summed E-state index contributed by atoms with van der Waals surface area (Å²) in [7, 11) is 0. The van der Waals surface area contributed by atoms with Crippen LogP contribution < -0.4 is 10.1 Å². The topological polar surface area (TPSA) is 47.6 Å². The fraction of sp³-hybridized carbons (Fsp3) is 0.562. The highest BCUT2D eigenvalue weighted by Gasteiger charge is 2.12. The highest BCUT2D eigenvalue weighted by atomic mass is 16.5. The van der Waals surface area contributed by atoms with Gasteiger partial charge in [0.1, 0.15) is 19.0 Å². The molecule has 4 nitrogen and oxygen atoms in total. The zero-order valence-electron chi connectivity index (χ0n) is 12.9. The van der Waals surface area contributed by atoms with Crippen molar-refractivity contribution < 1.29 is 14.3 Å². The third kappa shape index (κ3) is 6.06. The van der Waals surface area contributed by atoms with Gasteiger partial charge in [-0.3, -0.25) is 4.79 Å². The molecule has 0 heterocycles. The van der Waals surface area contributed by atoms with E-state index in [0.717, 1.165) is 5.75 Å². The van der Waals surface area contributed by atoms with Gasteiger partial charge in [0.2, 0.25) is 5.91 Å². The van der Waals surface area contributed by atoms with Gasteiger partial charge in [-0.25, -0.2) is 0 Å². The zero-order valence-corrected chi connectivity index (χ0v) is 12.9. The standard InChI is InChI=1S/C16H25NO3/c1-5-19-12-15(18)17-10-11-20-14-8-6-13(7-9-14)16(2,3)4/h6-9H,5,10-12H2,1-4H3,(H,17,18). The number of benzene rings is 1. The van der Waals surface area contributed by atoms with Crippen molar-refractivity contribution in [3.63, 3.8) is 0 Å². The number of hydrogen-bond donors (Lipinski definition) is 1. The van der Waals surface area contributed by atoms with Crippen LogP contribution in [-0.2, 0) is 14.9 Å². The molecule has 20 heavy (non-hydrogen) atoms. The first-order chi connectivity index (χ1) is 9.43. The zero-order chi connectivity index (χ0) is 15.0. The number of nitrogens with one attached hydrogen (secondary N) is 1. The Hall–Kier alpha value is -1.55. The Morgan fingerprint density at radius 1 is 1.20 bits per heavy atom. The summed E-state index contributed by atoms with van der Waals surface area (Å²) in [6, 6.07) is 8.07. The summed E-state index contributed by atoms with van der Waals surface area (Å²) in [4.78, 5) is 11.3. The molecule has 0 fully saturated rings. The quantitative estimate of drug-likeness (QED) is 0.780. The van der Waals surface area contributed by atoms with Crippen molar-refractivity contribution >= 4 is 5.91 Å². The van der Waals surface area contributed by atoms with E-state index in [0.29, 0.717) is 19.8 Å². The fourth-order valence-electron chi connectivity index (χ4n) is 1.66. The van der Waals surface area contributed by atoms with Crippen LogP contribution >= 0.6 is 0 Å². The highest BCUT2D eigenvalue weighted by molar-refractivity contribution is 5.77. The molecule has 1 N–H and O–H groups in total. The molecule has 0 aliphatic carbocycles. The molecule has 0 saturated carbocycles. The predicted octanol–water partition coefficient (Wildman–Crippen LogP) is 2.52. The Bertz CT molecular complexity index is 407. The van der Waals surface area contributed by atoms with E-state index in [-0.39, 0.29) is 17.9 Å². The van der Waals surface area contributed by atoms with Crippen molar-refractivity contribution in [3.05, 3.63) is 29.8 Å². The van der Waals surface area contributed by atoms with E-state index in [9.17, 15) is 4.79 Å². The molecule has 4 heteroatoms. The second-order valence-corrected chi connectivity index (χ2v) is 5.61. The minimum Gasteiger partial charge on any atom is -0.492 e. The average Bonchev–Trinajstić information content (AvgIpc) is 2.41. The molecule has 0 atom stereocenters. The van der Waals surface area contributed by atoms with E-state index in [1.165, 1.54) is 5.56 Å². The van der Waals surface area contributed by atoms with E-state index < -0.39 is 0 Å². The number of ether oxygens (including phenoxy) is 2. The van der Waals surface area contributed by atoms with Crippen molar-refractivity contribution in [3.8, 4) is 5.75 Å². The largest absolute Gasteiger partial charge is 0.492 e. The van der Waals surface area contributed by atoms with Crippen molar-refractivity contribution in [2.24, 2.45) is 0 Å².